The maximum atomic E-state index is 12.9. The van der Waals surface area contributed by atoms with Crippen LogP contribution in [-0.4, -0.2) is 93.5 Å². The minimum Gasteiger partial charge on any atom is -0.507 e. The van der Waals surface area contributed by atoms with Gasteiger partial charge >= 0.3 is 11.9 Å². The first-order valence-corrected chi connectivity index (χ1v) is 30.2. The summed E-state index contributed by atoms with van der Waals surface area (Å²) in [6.45, 7) is 30.2. The van der Waals surface area contributed by atoms with Crippen LogP contribution in [0.5, 0.6) is 11.5 Å². The molecule has 7 rings (SSSR count). The Kier molecular flexibility index (Phi) is 16.2. The van der Waals surface area contributed by atoms with Gasteiger partial charge in [-0.1, -0.05) is 95.6 Å². The molecule has 352 valence electrons. The van der Waals surface area contributed by atoms with Gasteiger partial charge in [-0.05, 0) is 120 Å². The highest BCUT2D eigenvalue weighted by atomic mass is 127. The standard InChI is InChI=1S/C28H38INO5Si.C20H30INO5Si/c1-18-11-13-20(14-12-18)16-32-26-21(9-8-10-22(26)29)15-30-25-24(19(2)34-27(25)31)23(35-30)17-33-36(6,7)28(3,4)5;1-12-16-15(11-25-28(5,6)20(2,3)4)27-22(17(16)19(24)26-12)10-13-8-7-9-14(21)18(13)23/h8-14,19,23-25H,15-17H2,1-7H3;7-9,12,15-17,23H,10-11H2,1-6H3/t19-,23-,24+,25-;12-,15-,16+,17-/m00/s1. The minimum atomic E-state index is -1.96. The van der Waals surface area contributed by atoms with Crippen LogP contribution < -0.4 is 4.74 Å². The largest absolute Gasteiger partial charge is 0.507 e. The van der Waals surface area contributed by atoms with Crippen molar-refractivity contribution in [2.75, 3.05) is 13.2 Å². The monoisotopic (exact) mass is 1140 g/mol. The summed E-state index contributed by atoms with van der Waals surface area (Å²) in [5.41, 5.74) is 4.04. The molecule has 0 radical (unpaired) electrons. The molecule has 1 N–H and O–H groups in total. The SMILES string of the molecule is C[C@@H]1OC(=O)[C@@H]2[C@H]1[C@H](CO[Si](C)(C)C(C)(C)C)ON2Cc1cccc(I)c1O.Cc1ccc(COc2c(I)cccc2CN2O[C@@H](CO[Si](C)(C)C(C)(C)C)[C@H]3[C@H](C)OC(=O)[C@H]32)cc1. The highest BCUT2D eigenvalue weighted by molar-refractivity contribution is 14.1. The lowest BCUT2D eigenvalue weighted by Gasteiger charge is -2.37. The Morgan fingerprint density at radius 1 is 0.672 bits per heavy atom. The number of nitrogens with zero attached hydrogens (tertiary/aromatic N) is 2. The van der Waals surface area contributed by atoms with E-state index >= 15 is 0 Å². The first kappa shape index (κ1) is 51.2. The van der Waals surface area contributed by atoms with E-state index in [1.165, 1.54) is 5.56 Å². The number of hydrogen-bond donors (Lipinski definition) is 1. The third-order valence-electron chi connectivity index (χ3n) is 14.0. The van der Waals surface area contributed by atoms with Gasteiger partial charge in [0.2, 0.25) is 0 Å². The van der Waals surface area contributed by atoms with E-state index < -0.39 is 28.7 Å². The van der Waals surface area contributed by atoms with E-state index in [2.05, 4.69) is 144 Å². The molecule has 0 unspecified atom stereocenters. The van der Waals surface area contributed by atoms with Gasteiger partial charge in [0.1, 0.15) is 54.6 Å². The maximum Gasteiger partial charge on any atom is 0.326 e. The summed E-state index contributed by atoms with van der Waals surface area (Å²) in [5, 5.41) is 14.0. The molecule has 4 saturated heterocycles. The predicted octanol–water partition coefficient (Wildman–Crippen LogP) is 10.3. The lowest BCUT2D eigenvalue weighted by atomic mass is 9.93. The zero-order valence-corrected chi connectivity index (χ0v) is 46.0. The Bertz CT molecular complexity index is 2130. The van der Waals surface area contributed by atoms with Gasteiger partial charge in [0, 0.05) is 11.1 Å². The Hall–Kier alpha value is -2.15. The Balaban J connectivity index is 0.000000219. The Morgan fingerprint density at radius 3 is 1.58 bits per heavy atom. The zero-order valence-electron chi connectivity index (χ0n) is 39.7. The molecular formula is C48H68I2N2O10Si2. The van der Waals surface area contributed by atoms with Gasteiger partial charge in [0.25, 0.3) is 0 Å². The maximum absolute atomic E-state index is 12.9. The molecule has 0 amide bonds. The van der Waals surface area contributed by atoms with Crippen LogP contribution in [-0.2, 0) is 57.3 Å². The van der Waals surface area contributed by atoms with Crippen LogP contribution in [0.25, 0.3) is 0 Å². The molecule has 0 saturated carbocycles. The number of carbonyl (C=O) groups excluding carboxylic acids is 2. The van der Waals surface area contributed by atoms with Crippen molar-refractivity contribution in [1.82, 2.24) is 10.1 Å². The molecule has 8 atom stereocenters. The number of hydroxylamine groups is 4. The summed E-state index contributed by atoms with van der Waals surface area (Å²) in [6.07, 6.45) is -0.913. The Labute approximate surface area is 409 Å². The predicted molar refractivity (Wildman–Crippen MR) is 268 cm³/mol. The number of para-hydroxylation sites is 2. The third-order valence-corrected chi connectivity index (χ3v) is 24.7. The number of carbonyl (C=O) groups is 2. The molecule has 0 bridgehead atoms. The summed E-state index contributed by atoms with van der Waals surface area (Å²) in [6, 6.07) is 19.1. The van der Waals surface area contributed by atoms with Crippen LogP contribution >= 0.6 is 45.2 Å². The lowest BCUT2D eigenvalue weighted by Crippen LogP contribution is -2.44. The van der Waals surface area contributed by atoms with Crippen molar-refractivity contribution in [3.8, 4) is 11.5 Å². The number of aryl methyl sites for hydroxylation is 1. The fraction of sp³-hybridized carbons (Fsp3) is 0.583. The number of benzene rings is 3. The van der Waals surface area contributed by atoms with Crippen molar-refractivity contribution in [1.29, 1.82) is 0 Å². The van der Waals surface area contributed by atoms with Crippen LogP contribution in [0.2, 0.25) is 36.3 Å². The lowest BCUT2D eigenvalue weighted by molar-refractivity contribution is -0.195. The first-order chi connectivity index (χ1) is 29.8. The van der Waals surface area contributed by atoms with Gasteiger partial charge in [-0.15, -0.1) is 0 Å². The molecule has 0 spiro atoms. The smallest absolute Gasteiger partial charge is 0.326 e. The van der Waals surface area contributed by atoms with Gasteiger partial charge in [-0.3, -0.25) is 19.3 Å². The molecule has 3 aromatic carbocycles. The highest BCUT2D eigenvalue weighted by Crippen LogP contribution is 2.44. The van der Waals surface area contributed by atoms with Crippen molar-refractivity contribution in [3.05, 3.63) is 90.1 Å². The van der Waals surface area contributed by atoms with Crippen molar-refractivity contribution in [3.63, 3.8) is 0 Å². The van der Waals surface area contributed by atoms with E-state index in [9.17, 15) is 14.7 Å². The van der Waals surface area contributed by atoms with E-state index in [1.807, 2.05) is 50.2 Å². The molecule has 16 heteroatoms. The fourth-order valence-corrected chi connectivity index (χ4v) is 11.3. The molecule has 12 nitrogen and oxygen atoms in total. The van der Waals surface area contributed by atoms with Gasteiger partial charge in [-0.25, -0.2) is 0 Å². The van der Waals surface area contributed by atoms with E-state index in [-0.39, 0.29) is 64.0 Å². The van der Waals surface area contributed by atoms with Crippen molar-refractivity contribution < 1.29 is 47.4 Å². The Morgan fingerprint density at radius 2 is 1.11 bits per heavy atom. The number of hydrogen-bond acceptors (Lipinski definition) is 12. The number of halogens is 2. The van der Waals surface area contributed by atoms with Crippen LogP contribution in [0.4, 0.5) is 0 Å². The second-order valence-electron chi connectivity index (χ2n) is 20.7. The van der Waals surface area contributed by atoms with E-state index in [0.717, 1.165) is 29.6 Å². The average molecular weight is 1140 g/mol. The van der Waals surface area contributed by atoms with Gasteiger partial charge in [0.15, 0.2) is 16.6 Å². The minimum absolute atomic E-state index is 0.0676. The van der Waals surface area contributed by atoms with Crippen LogP contribution in [0.3, 0.4) is 0 Å². The number of rotatable bonds is 13. The topological polar surface area (TPSA) is 125 Å². The molecule has 0 aliphatic carbocycles. The number of ether oxygens (including phenoxy) is 3. The average Bonchev–Trinajstić information content (AvgIpc) is 3.92. The molecule has 0 aromatic heterocycles. The van der Waals surface area contributed by atoms with E-state index in [1.54, 1.807) is 10.1 Å². The molecule has 4 aliphatic rings. The number of aromatic hydroxyl groups is 1. The van der Waals surface area contributed by atoms with Gasteiger partial charge in [-0.2, -0.15) is 10.1 Å². The summed E-state index contributed by atoms with van der Waals surface area (Å²) in [7, 11) is -3.89. The number of cyclic esters (lactones) is 2. The number of fused-ring (bicyclic) bond motifs is 2. The number of esters is 2. The van der Waals surface area contributed by atoms with Gasteiger partial charge in [0.05, 0.1) is 45.3 Å². The van der Waals surface area contributed by atoms with Crippen LogP contribution in [0.1, 0.15) is 77.6 Å². The van der Waals surface area contributed by atoms with Crippen molar-refractivity contribution in [2.24, 2.45) is 11.8 Å². The third kappa shape index (κ3) is 11.4. The molecule has 64 heavy (non-hydrogen) atoms. The van der Waals surface area contributed by atoms with E-state index in [4.69, 9.17) is 32.7 Å². The molecule has 4 aliphatic heterocycles. The number of phenolic OH excluding ortho intramolecular Hbond substituents is 1. The van der Waals surface area contributed by atoms with E-state index in [0.29, 0.717) is 32.9 Å². The summed E-state index contributed by atoms with van der Waals surface area (Å²) < 4.78 is 32.1. The quantitative estimate of drug-likeness (QED) is 0.0995. The summed E-state index contributed by atoms with van der Waals surface area (Å²) in [5.74, 6) is 0.402. The molecule has 4 fully saturated rings. The summed E-state index contributed by atoms with van der Waals surface area (Å²) in [4.78, 5) is 38.0. The normalized spacial score (nSPS) is 26.3. The number of phenols is 1. The molecular weight excluding hydrogens is 1070 g/mol. The molecule has 4 heterocycles. The zero-order chi connectivity index (χ0) is 47.1. The van der Waals surface area contributed by atoms with Gasteiger partial charge < -0.3 is 28.2 Å². The summed E-state index contributed by atoms with van der Waals surface area (Å²) >= 11 is 4.39. The first-order valence-electron chi connectivity index (χ1n) is 22.3. The van der Waals surface area contributed by atoms with Crippen LogP contribution in [0, 0.1) is 25.9 Å². The second kappa shape index (κ2) is 20.2. The fourth-order valence-electron chi connectivity index (χ4n) is 8.01. The molecule has 3 aromatic rings. The van der Waals surface area contributed by atoms with Crippen LogP contribution in [0.15, 0.2) is 60.7 Å². The highest BCUT2D eigenvalue weighted by Gasteiger charge is 2.58. The second-order valence-corrected chi connectivity index (χ2v) is 32.6. The van der Waals surface area contributed by atoms with Crippen molar-refractivity contribution in [2.45, 2.75) is 155 Å². The van der Waals surface area contributed by atoms with Crippen molar-refractivity contribution >= 4 is 73.8 Å².